The molecule has 1 rings (SSSR count). The molecular weight excluding hydrogens is 280 g/mol. The van der Waals surface area contributed by atoms with Gasteiger partial charge < -0.3 is 5.73 Å². The van der Waals surface area contributed by atoms with Crippen molar-refractivity contribution >= 4 is 27.5 Å². The monoisotopic (exact) mass is 300 g/mol. The molecule has 19 heavy (non-hydrogen) atoms. The van der Waals surface area contributed by atoms with E-state index in [4.69, 9.17) is 5.73 Å². The van der Waals surface area contributed by atoms with Gasteiger partial charge >= 0.3 is 0 Å². The quantitative estimate of drug-likeness (QED) is 0.476. The van der Waals surface area contributed by atoms with Crippen molar-refractivity contribution in [3.05, 3.63) is 36.4 Å². The fourth-order valence-electron chi connectivity index (χ4n) is 1.50. The first kappa shape index (κ1) is 16.1. The van der Waals surface area contributed by atoms with Gasteiger partial charge in [-0.05, 0) is 19.1 Å². The van der Waals surface area contributed by atoms with Gasteiger partial charge in [-0.15, -0.1) is 11.8 Å². The Kier molecular flexibility index (Phi) is 5.90. The van der Waals surface area contributed by atoms with E-state index in [0.29, 0.717) is 18.0 Å². The van der Waals surface area contributed by atoms with Gasteiger partial charge in [0.2, 0.25) is 10.0 Å². The van der Waals surface area contributed by atoms with E-state index in [1.165, 1.54) is 16.1 Å². The second-order valence-corrected chi connectivity index (χ2v) is 7.75. The maximum Gasteiger partial charge on any atom is 0.214 e. The number of benzene rings is 1. The first-order valence-electron chi connectivity index (χ1n) is 5.88. The van der Waals surface area contributed by atoms with Gasteiger partial charge in [-0.3, -0.25) is 0 Å². The number of thioether (sulfide) groups is 1. The van der Waals surface area contributed by atoms with Gasteiger partial charge in [0.25, 0.3) is 0 Å². The van der Waals surface area contributed by atoms with Crippen LogP contribution in [-0.2, 0) is 10.0 Å². The van der Waals surface area contributed by atoms with Crippen molar-refractivity contribution in [3.8, 4) is 0 Å². The summed E-state index contributed by atoms with van der Waals surface area (Å²) in [4.78, 5) is 0.917. The van der Waals surface area contributed by atoms with Crippen LogP contribution < -0.4 is 5.73 Å². The molecule has 0 radical (unpaired) electrons. The number of rotatable bonds is 7. The summed E-state index contributed by atoms with van der Waals surface area (Å²) in [6.07, 6.45) is 0. The van der Waals surface area contributed by atoms with E-state index in [1.807, 2.05) is 31.2 Å². The molecular formula is C13H20N2O2S2. The van der Waals surface area contributed by atoms with Crippen LogP contribution in [0, 0.1) is 0 Å². The Labute approximate surface area is 119 Å². The fourth-order valence-corrected chi connectivity index (χ4v) is 4.04. The van der Waals surface area contributed by atoms with Gasteiger partial charge in [-0.25, -0.2) is 12.7 Å². The van der Waals surface area contributed by atoms with Crippen molar-refractivity contribution in [1.29, 1.82) is 0 Å². The zero-order valence-electron chi connectivity index (χ0n) is 11.3. The number of nitrogen functional groups attached to an aromatic ring is 1. The highest BCUT2D eigenvalue weighted by molar-refractivity contribution is 8.00. The number of likely N-dealkylation sites (N-methyl/N-ethyl adjacent to an activating group) is 1. The molecule has 0 saturated carbocycles. The molecule has 0 unspecified atom stereocenters. The smallest absolute Gasteiger partial charge is 0.214 e. The molecule has 2 N–H and O–H groups in total. The summed E-state index contributed by atoms with van der Waals surface area (Å²) in [7, 11) is -1.65. The molecule has 0 aliphatic carbocycles. The van der Waals surface area contributed by atoms with Gasteiger partial charge in [0.1, 0.15) is 0 Å². The lowest BCUT2D eigenvalue weighted by Crippen LogP contribution is -2.31. The third-order valence-electron chi connectivity index (χ3n) is 2.49. The molecule has 106 valence electrons. The van der Waals surface area contributed by atoms with Crippen LogP contribution in [0.2, 0.25) is 0 Å². The predicted octanol–water partition coefficient (Wildman–Crippen LogP) is 2.20. The third-order valence-corrected chi connectivity index (χ3v) is 5.63. The average Bonchev–Trinajstić information content (AvgIpc) is 2.30. The summed E-state index contributed by atoms with van der Waals surface area (Å²) in [6.45, 7) is 5.89. The van der Waals surface area contributed by atoms with Crippen molar-refractivity contribution in [3.63, 3.8) is 0 Å². The summed E-state index contributed by atoms with van der Waals surface area (Å²) in [5.74, 6) is 0.576. The normalized spacial score (nSPS) is 11.7. The first-order valence-corrected chi connectivity index (χ1v) is 8.48. The molecule has 1 aromatic rings. The average molecular weight is 300 g/mol. The molecule has 0 aliphatic rings. The van der Waals surface area contributed by atoms with Crippen LogP contribution in [0.15, 0.2) is 41.3 Å². The van der Waals surface area contributed by atoms with E-state index in [0.717, 1.165) is 10.5 Å². The number of hydrogen-bond acceptors (Lipinski definition) is 4. The van der Waals surface area contributed by atoms with Crippen LogP contribution in [0.3, 0.4) is 0 Å². The highest BCUT2D eigenvalue weighted by atomic mass is 32.2. The Balaban J connectivity index is 2.53. The summed E-state index contributed by atoms with van der Waals surface area (Å²) >= 11 is 1.46. The Morgan fingerprint density at radius 2 is 2.05 bits per heavy atom. The number of sulfonamides is 1. The highest BCUT2D eigenvalue weighted by Crippen LogP contribution is 2.24. The third kappa shape index (κ3) is 5.26. The SMILES string of the molecule is C=C(C)CN(C)S(=O)(=O)CCSc1ccccc1N. The summed E-state index contributed by atoms with van der Waals surface area (Å²) in [5.41, 5.74) is 7.31. The Morgan fingerprint density at radius 1 is 1.42 bits per heavy atom. The fraction of sp³-hybridized carbons (Fsp3) is 0.385. The lowest BCUT2D eigenvalue weighted by molar-refractivity contribution is 0.494. The van der Waals surface area contributed by atoms with Gasteiger partial charge in [0.05, 0.1) is 5.75 Å². The van der Waals surface area contributed by atoms with E-state index in [-0.39, 0.29) is 5.75 Å². The van der Waals surface area contributed by atoms with Crippen molar-refractivity contribution in [1.82, 2.24) is 4.31 Å². The number of anilines is 1. The van der Waals surface area contributed by atoms with Crippen LogP contribution in [0.1, 0.15) is 6.92 Å². The number of nitrogens with zero attached hydrogens (tertiary/aromatic N) is 1. The maximum absolute atomic E-state index is 12.0. The second-order valence-electron chi connectivity index (χ2n) is 4.42. The molecule has 0 bridgehead atoms. The molecule has 0 fully saturated rings. The van der Waals surface area contributed by atoms with E-state index >= 15 is 0 Å². The standard InChI is InChI=1S/C13H20N2O2S2/c1-11(2)10-15(3)19(16,17)9-8-18-13-7-5-4-6-12(13)14/h4-7H,1,8-10,14H2,2-3H3. The van der Waals surface area contributed by atoms with Gasteiger partial charge in [-0.2, -0.15) is 0 Å². The second kappa shape index (κ2) is 6.98. The van der Waals surface area contributed by atoms with Gasteiger partial charge in [-0.1, -0.05) is 24.3 Å². The summed E-state index contributed by atoms with van der Waals surface area (Å²) in [5, 5.41) is 0. The molecule has 0 heterocycles. The largest absolute Gasteiger partial charge is 0.398 e. The molecule has 0 saturated heterocycles. The Morgan fingerprint density at radius 3 is 2.63 bits per heavy atom. The molecule has 6 heteroatoms. The number of nitrogens with two attached hydrogens (primary N) is 1. The number of para-hydroxylation sites is 1. The topological polar surface area (TPSA) is 63.4 Å². The van der Waals surface area contributed by atoms with Crippen LogP contribution in [0.4, 0.5) is 5.69 Å². The predicted molar refractivity (Wildman–Crippen MR) is 82.8 cm³/mol. The van der Waals surface area contributed by atoms with E-state index < -0.39 is 10.0 Å². The van der Waals surface area contributed by atoms with Crippen molar-refractivity contribution in [2.75, 3.05) is 30.8 Å². The zero-order chi connectivity index (χ0) is 14.5. The van der Waals surface area contributed by atoms with Crippen molar-refractivity contribution < 1.29 is 8.42 Å². The lowest BCUT2D eigenvalue weighted by atomic mass is 10.3. The summed E-state index contributed by atoms with van der Waals surface area (Å²) < 4.78 is 25.3. The lowest BCUT2D eigenvalue weighted by Gasteiger charge is -2.16. The zero-order valence-corrected chi connectivity index (χ0v) is 12.9. The molecule has 0 amide bonds. The molecule has 0 atom stereocenters. The number of hydrogen-bond donors (Lipinski definition) is 1. The van der Waals surface area contributed by atoms with E-state index in [2.05, 4.69) is 6.58 Å². The van der Waals surface area contributed by atoms with Crippen LogP contribution in [0.5, 0.6) is 0 Å². The van der Waals surface area contributed by atoms with Crippen LogP contribution >= 0.6 is 11.8 Å². The van der Waals surface area contributed by atoms with Gasteiger partial charge in [0.15, 0.2) is 0 Å². The van der Waals surface area contributed by atoms with E-state index in [1.54, 1.807) is 7.05 Å². The first-order chi connectivity index (χ1) is 8.83. The summed E-state index contributed by atoms with van der Waals surface area (Å²) in [6, 6.07) is 7.45. The van der Waals surface area contributed by atoms with Crippen molar-refractivity contribution in [2.24, 2.45) is 0 Å². The minimum Gasteiger partial charge on any atom is -0.398 e. The minimum atomic E-state index is -3.23. The molecule has 4 nitrogen and oxygen atoms in total. The van der Waals surface area contributed by atoms with Crippen molar-refractivity contribution in [2.45, 2.75) is 11.8 Å². The minimum absolute atomic E-state index is 0.0930. The molecule has 0 aromatic heterocycles. The van der Waals surface area contributed by atoms with E-state index in [9.17, 15) is 8.42 Å². The van der Waals surface area contributed by atoms with Gasteiger partial charge in [0, 0.05) is 29.9 Å². The highest BCUT2D eigenvalue weighted by Gasteiger charge is 2.17. The molecule has 0 aliphatic heterocycles. The molecule has 0 spiro atoms. The Hall–Kier alpha value is -0.980. The molecule has 1 aromatic carbocycles. The Bertz CT molecular complexity index is 541. The maximum atomic E-state index is 12.0. The van der Waals surface area contributed by atoms with Crippen LogP contribution in [-0.4, -0.2) is 37.8 Å². The van der Waals surface area contributed by atoms with Crippen LogP contribution in [0.25, 0.3) is 0 Å².